The van der Waals surface area contributed by atoms with Crippen LogP contribution in [0.15, 0.2) is 6.33 Å². The van der Waals surface area contributed by atoms with Crippen molar-refractivity contribution in [1.29, 1.82) is 0 Å². The van der Waals surface area contributed by atoms with E-state index in [4.69, 9.17) is 0 Å². The first-order valence-electron chi connectivity index (χ1n) is 7.34. The number of aryl methyl sites for hydroxylation is 1. The summed E-state index contributed by atoms with van der Waals surface area (Å²) < 4.78 is 0. The molecule has 3 rings (SSSR count). The highest BCUT2D eigenvalue weighted by molar-refractivity contribution is 7.20. The topological polar surface area (TPSA) is 75.1 Å². The Kier molecular flexibility index (Phi) is 3.80. The molecule has 5 nitrogen and oxygen atoms in total. The molecule has 0 radical (unpaired) electrons. The Labute approximate surface area is 127 Å². The molecular formula is C15H19N3O2S. The molecule has 2 aromatic heterocycles. The Balaban J connectivity index is 1.95. The van der Waals surface area contributed by atoms with Crippen LogP contribution in [0.2, 0.25) is 0 Å². The molecule has 2 aromatic rings. The van der Waals surface area contributed by atoms with Crippen LogP contribution in [0.3, 0.4) is 0 Å². The van der Waals surface area contributed by atoms with Crippen LogP contribution in [0, 0.1) is 12.8 Å². The SMILES string of the molecule is CCC(CC1CC1)Nc1ncnc2sc(C(=O)O)c(C)c12. The molecule has 1 saturated carbocycles. The number of carbonyl (C=O) groups is 1. The number of fused-ring (bicyclic) bond motifs is 1. The monoisotopic (exact) mass is 305 g/mol. The first kappa shape index (κ1) is 14.3. The first-order valence-corrected chi connectivity index (χ1v) is 8.15. The van der Waals surface area contributed by atoms with E-state index in [-0.39, 0.29) is 0 Å². The number of aromatic carboxylic acids is 1. The first-order chi connectivity index (χ1) is 10.1. The number of carboxylic acids is 1. The lowest BCUT2D eigenvalue weighted by Crippen LogP contribution is -2.20. The van der Waals surface area contributed by atoms with Gasteiger partial charge in [0.15, 0.2) is 0 Å². The minimum absolute atomic E-state index is 0.351. The van der Waals surface area contributed by atoms with Gasteiger partial charge in [-0.2, -0.15) is 0 Å². The lowest BCUT2D eigenvalue weighted by Gasteiger charge is -2.18. The number of aromatic nitrogens is 2. The normalized spacial score (nSPS) is 16.1. The number of nitrogens with one attached hydrogen (secondary N) is 1. The molecule has 1 atom stereocenters. The summed E-state index contributed by atoms with van der Waals surface area (Å²) in [4.78, 5) is 20.9. The van der Waals surface area contributed by atoms with Gasteiger partial charge in [-0.05, 0) is 31.2 Å². The molecule has 6 heteroatoms. The summed E-state index contributed by atoms with van der Waals surface area (Å²) in [6.45, 7) is 4.00. The van der Waals surface area contributed by atoms with Gasteiger partial charge in [0, 0.05) is 6.04 Å². The van der Waals surface area contributed by atoms with Crippen LogP contribution < -0.4 is 5.32 Å². The second kappa shape index (κ2) is 5.60. The highest BCUT2D eigenvalue weighted by Gasteiger charge is 2.26. The smallest absolute Gasteiger partial charge is 0.346 e. The van der Waals surface area contributed by atoms with Gasteiger partial charge in [-0.1, -0.05) is 19.8 Å². The van der Waals surface area contributed by atoms with E-state index in [1.165, 1.54) is 30.5 Å². The maximum absolute atomic E-state index is 11.3. The summed E-state index contributed by atoms with van der Waals surface area (Å²) in [7, 11) is 0. The Morgan fingerprint density at radius 2 is 2.29 bits per heavy atom. The largest absolute Gasteiger partial charge is 0.477 e. The lowest BCUT2D eigenvalue weighted by molar-refractivity contribution is 0.0701. The standard InChI is InChI=1S/C15H19N3O2S/c1-3-10(6-9-4-5-9)18-13-11-8(2)12(15(19)20)21-14(11)17-7-16-13/h7,9-10H,3-6H2,1-2H3,(H,19,20)(H,16,17,18). The highest BCUT2D eigenvalue weighted by atomic mass is 32.1. The molecule has 0 saturated heterocycles. The van der Waals surface area contributed by atoms with Gasteiger partial charge in [-0.15, -0.1) is 11.3 Å². The molecule has 1 aliphatic rings. The number of hydrogen-bond acceptors (Lipinski definition) is 5. The van der Waals surface area contributed by atoms with Crippen molar-refractivity contribution < 1.29 is 9.90 Å². The highest BCUT2D eigenvalue weighted by Crippen LogP contribution is 2.37. The Hall–Kier alpha value is -1.69. The van der Waals surface area contributed by atoms with Crippen molar-refractivity contribution in [3.8, 4) is 0 Å². The number of carboxylic acid groups (broad SMARTS) is 1. The van der Waals surface area contributed by atoms with Crippen molar-refractivity contribution in [3.63, 3.8) is 0 Å². The van der Waals surface area contributed by atoms with E-state index in [1.807, 2.05) is 6.92 Å². The van der Waals surface area contributed by atoms with Crippen molar-refractivity contribution in [1.82, 2.24) is 9.97 Å². The fourth-order valence-electron chi connectivity index (χ4n) is 2.66. The van der Waals surface area contributed by atoms with E-state index >= 15 is 0 Å². The number of nitrogens with zero attached hydrogens (tertiary/aromatic N) is 2. The maximum atomic E-state index is 11.3. The number of thiophene rings is 1. The van der Waals surface area contributed by atoms with Gasteiger partial charge >= 0.3 is 5.97 Å². The van der Waals surface area contributed by atoms with E-state index in [9.17, 15) is 9.90 Å². The molecule has 112 valence electrons. The van der Waals surface area contributed by atoms with Crippen LogP contribution in [-0.2, 0) is 0 Å². The average Bonchev–Trinajstić information content (AvgIpc) is 3.20. The predicted molar refractivity (Wildman–Crippen MR) is 84.2 cm³/mol. The van der Waals surface area contributed by atoms with Crippen molar-refractivity contribution in [2.75, 3.05) is 5.32 Å². The minimum Gasteiger partial charge on any atom is -0.477 e. The molecule has 1 fully saturated rings. The van der Waals surface area contributed by atoms with Crippen LogP contribution in [0.5, 0.6) is 0 Å². The quantitative estimate of drug-likeness (QED) is 0.851. The Morgan fingerprint density at radius 3 is 2.90 bits per heavy atom. The van der Waals surface area contributed by atoms with Crippen LogP contribution in [0.1, 0.15) is 47.8 Å². The van der Waals surface area contributed by atoms with Crippen LogP contribution in [0.25, 0.3) is 10.2 Å². The molecule has 2 heterocycles. The van der Waals surface area contributed by atoms with E-state index in [0.717, 1.165) is 40.4 Å². The zero-order valence-corrected chi connectivity index (χ0v) is 13.0. The fourth-order valence-corrected chi connectivity index (χ4v) is 3.65. The lowest BCUT2D eigenvalue weighted by atomic mass is 10.1. The molecule has 2 N–H and O–H groups in total. The zero-order chi connectivity index (χ0) is 15.0. The average molecular weight is 305 g/mol. The molecule has 21 heavy (non-hydrogen) atoms. The van der Waals surface area contributed by atoms with Crippen molar-refractivity contribution in [2.45, 2.75) is 45.6 Å². The third kappa shape index (κ3) is 2.85. The summed E-state index contributed by atoms with van der Waals surface area (Å²) in [6, 6.07) is 0.392. The molecule has 1 aliphatic carbocycles. The van der Waals surface area contributed by atoms with Gasteiger partial charge < -0.3 is 10.4 Å². The zero-order valence-electron chi connectivity index (χ0n) is 12.2. The summed E-state index contributed by atoms with van der Waals surface area (Å²) in [5.41, 5.74) is 0.756. The summed E-state index contributed by atoms with van der Waals surface area (Å²) in [5, 5.41) is 13.6. The summed E-state index contributed by atoms with van der Waals surface area (Å²) in [6.07, 6.45) is 6.38. The Morgan fingerprint density at radius 1 is 1.52 bits per heavy atom. The van der Waals surface area contributed by atoms with Gasteiger partial charge in [0.05, 0.1) is 5.39 Å². The van der Waals surface area contributed by atoms with Crippen LogP contribution in [0.4, 0.5) is 5.82 Å². The summed E-state index contributed by atoms with van der Waals surface area (Å²) in [5.74, 6) is 0.721. The number of hydrogen-bond donors (Lipinski definition) is 2. The molecule has 1 unspecified atom stereocenters. The van der Waals surface area contributed by atoms with E-state index in [2.05, 4.69) is 22.2 Å². The second-order valence-corrected chi connectivity index (χ2v) is 6.69. The maximum Gasteiger partial charge on any atom is 0.346 e. The van der Waals surface area contributed by atoms with E-state index in [1.54, 1.807) is 0 Å². The van der Waals surface area contributed by atoms with Gasteiger partial charge in [0.2, 0.25) is 0 Å². The molecule has 0 bridgehead atoms. The predicted octanol–water partition coefficient (Wildman–Crippen LogP) is 3.69. The summed E-state index contributed by atoms with van der Waals surface area (Å²) >= 11 is 1.22. The number of anilines is 1. The van der Waals surface area contributed by atoms with Crippen LogP contribution in [-0.4, -0.2) is 27.1 Å². The molecule has 0 spiro atoms. The van der Waals surface area contributed by atoms with Gasteiger partial charge in [0.25, 0.3) is 0 Å². The molecule has 0 aromatic carbocycles. The Bertz CT molecular complexity index is 679. The van der Waals surface area contributed by atoms with Gasteiger partial charge in [-0.25, -0.2) is 14.8 Å². The van der Waals surface area contributed by atoms with Gasteiger partial charge in [0.1, 0.15) is 21.9 Å². The minimum atomic E-state index is -0.897. The third-order valence-electron chi connectivity index (χ3n) is 4.07. The second-order valence-electron chi connectivity index (χ2n) is 5.69. The third-order valence-corrected chi connectivity index (χ3v) is 5.26. The van der Waals surface area contributed by atoms with Gasteiger partial charge in [-0.3, -0.25) is 0 Å². The van der Waals surface area contributed by atoms with Crippen LogP contribution >= 0.6 is 11.3 Å². The number of rotatable bonds is 6. The van der Waals surface area contributed by atoms with Crippen molar-refractivity contribution >= 4 is 33.3 Å². The van der Waals surface area contributed by atoms with E-state index < -0.39 is 5.97 Å². The molecule has 0 aliphatic heterocycles. The van der Waals surface area contributed by atoms with E-state index in [0.29, 0.717) is 10.9 Å². The molecule has 0 amide bonds. The van der Waals surface area contributed by atoms with Crippen molar-refractivity contribution in [3.05, 3.63) is 16.8 Å². The molecular weight excluding hydrogens is 286 g/mol. The van der Waals surface area contributed by atoms with Crippen molar-refractivity contribution in [2.24, 2.45) is 5.92 Å². The fraction of sp³-hybridized carbons (Fsp3) is 0.533.